The van der Waals surface area contributed by atoms with Gasteiger partial charge in [0.15, 0.2) is 5.82 Å². The van der Waals surface area contributed by atoms with Crippen LogP contribution < -0.4 is 5.32 Å². The number of rotatable bonds is 2. The highest BCUT2D eigenvalue weighted by atomic mass is 32.2. The lowest BCUT2D eigenvalue weighted by Gasteiger charge is -2.36. The molecule has 13 heteroatoms. The quantitative estimate of drug-likeness (QED) is 0.385. The Morgan fingerprint density at radius 2 is 1.77 bits per heavy atom. The molecule has 0 atom stereocenters. The lowest BCUT2D eigenvalue weighted by Crippen LogP contribution is -2.37. The summed E-state index contributed by atoms with van der Waals surface area (Å²) >= 11 is 0. The van der Waals surface area contributed by atoms with E-state index in [9.17, 15) is 26.0 Å². The van der Waals surface area contributed by atoms with E-state index in [0.717, 1.165) is 34.6 Å². The molecule has 2 aromatic heterocycles. The van der Waals surface area contributed by atoms with Crippen LogP contribution in [0.15, 0.2) is 30.5 Å². The van der Waals surface area contributed by atoms with Gasteiger partial charge in [-0.05, 0) is 50.6 Å². The summed E-state index contributed by atoms with van der Waals surface area (Å²) in [7, 11) is -3.91. The Morgan fingerprint density at radius 1 is 1.09 bits per heavy atom. The fraction of sp³-hybridized carbons (Fsp3) is 0.273. The van der Waals surface area contributed by atoms with Crippen molar-refractivity contribution in [1.29, 1.82) is 0 Å². The summed E-state index contributed by atoms with van der Waals surface area (Å²) in [6, 6.07) is 3.75. The summed E-state index contributed by atoms with van der Waals surface area (Å²) in [5.41, 5.74) is -4.46. The predicted octanol–water partition coefficient (Wildman–Crippen LogP) is 4.96. The van der Waals surface area contributed by atoms with Gasteiger partial charge in [0, 0.05) is 17.1 Å². The number of aryl methyl sites for hydroxylation is 1. The van der Waals surface area contributed by atoms with Crippen LogP contribution >= 0.6 is 0 Å². The molecule has 5 rings (SSSR count). The minimum atomic E-state index is -5.09. The molecule has 1 aliphatic rings. The topological polar surface area (TPSA) is 81.8 Å². The maximum Gasteiger partial charge on any atom is 0.419 e. The van der Waals surface area contributed by atoms with Crippen molar-refractivity contribution < 1.29 is 30.4 Å². The van der Waals surface area contributed by atoms with E-state index in [-0.39, 0.29) is 28.2 Å². The van der Waals surface area contributed by atoms with Crippen molar-refractivity contribution in [3.63, 3.8) is 0 Å². The van der Waals surface area contributed by atoms with Crippen molar-refractivity contribution in [2.24, 2.45) is 0 Å². The zero-order valence-corrected chi connectivity index (χ0v) is 19.6. The minimum Gasteiger partial charge on any atom is -0.371 e. The first kappa shape index (κ1) is 23.3. The van der Waals surface area contributed by atoms with Gasteiger partial charge < -0.3 is 5.32 Å². The molecule has 0 spiro atoms. The number of halogens is 5. The van der Waals surface area contributed by atoms with Gasteiger partial charge in [0.2, 0.25) is 10.0 Å². The third-order valence-electron chi connectivity index (χ3n) is 5.95. The van der Waals surface area contributed by atoms with Crippen molar-refractivity contribution >= 4 is 26.6 Å². The van der Waals surface area contributed by atoms with Crippen LogP contribution in [0.25, 0.3) is 27.7 Å². The molecule has 0 unspecified atom stereocenters. The Hall–Kier alpha value is -3.48. The molecule has 0 saturated carbocycles. The number of hydrogen-bond acceptors (Lipinski definition) is 5. The van der Waals surface area contributed by atoms with E-state index < -0.39 is 55.8 Å². The van der Waals surface area contributed by atoms with Crippen LogP contribution in [-0.2, 0) is 21.7 Å². The number of benzene rings is 2. The van der Waals surface area contributed by atoms with Crippen LogP contribution in [0.3, 0.4) is 0 Å². The van der Waals surface area contributed by atoms with Gasteiger partial charge in [-0.25, -0.2) is 21.2 Å². The third kappa shape index (κ3) is 3.39. The summed E-state index contributed by atoms with van der Waals surface area (Å²) in [6.45, 7) is 4.80. The van der Waals surface area contributed by atoms with Gasteiger partial charge >= 0.3 is 6.18 Å². The van der Waals surface area contributed by atoms with E-state index in [1.807, 2.05) is 0 Å². The Bertz CT molecular complexity index is 1650. The van der Waals surface area contributed by atoms with Gasteiger partial charge in [0.1, 0.15) is 17.5 Å². The molecule has 1 N–H and O–H groups in total. The number of aromatic nitrogens is 4. The minimum absolute atomic E-state index is 0.0639. The number of alkyl halides is 3. The largest absolute Gasteiger partial charge is 0.419 e. The van der Waals surface area contributed by atoms with E-state index in [1.165, 1.54) is 17.6 Å². The normalized spacial score (nSPS) is 15.1. The summed E-state index contributed by atoms with van der Waals surface area (Å²) in [5.74, 6) is -1.96. The number of anilines is 1. The molecule has 4 aromatic rings. The highest BCUT2D eigenvalue weighted by molar-refractivity contribution is 7.89. The van der Waals surface area contributed by atoms with E-state index in [4.69, 9.17) is 0 Å². The fourth-order valence-electron chi connectivity index (χ4n) is 4.61. The van der Waals surface area contributed by atoms with Crippen molar-refractivity contribution in [1.82, 2.24) is 18.7 Å². The van der Waals surface area contributed by atoms with Crippen LogP contribution in [-0.4, -0.2) is 33.4 Å². The van der Waals surface area contributed by atoms with Crippen molar-refractivity contribution in [3.8, 4) is 16.8 Å². The Balaban J connectivity index is 1.96. The van der Waals surface area contributed by atoms with Crippen LogP contribution in [0.2, 0.25) is 0 Å². The van der Waals surface area contributed by atoms with Crippen molar-refractivity contribution in [2.75, 3.05) is 11.6 Å². The Labute approximate surface area is 196 Å². The monoisotopic (exact) mass is 511 g/mol. The van der Waals surface area contributed by atoms with Gasteiger partial charge in [-0.2, -0.15) is 13.2 Å². The molecule has 184 valence electrons. The summed E-state index contributed by atoms with van der Waals surface area (Å²) < 4.78 is 100. The first-order valence-corrected chi connectivity index (χ1v) is 12.1. The number of fused-ring (bicyclic) bond motifs is 4. The van der Waals surface area contributed by atoms with Gasteiger partial charge in [-0.1, -0.05) is 0 Å². The van der Waals surface area contributed by atoms with Crippen LogP contribution in [0.4, 0.5) is 27.6 Å². The lowest BCUT2D eigenvalue weighted by molar-refractivity contribution is -0.137. The zero-order valence-electron chi connectivity index (χ0n) is 18.8. The third-order valence-corrected chi connectivity index (χ3v) is 6.99. The van der Waals surface area contributed by atoms with E-state index in [2.05, 4.69) is 15.5 Å². The van der Waals surface area contributed by atoms with Gasteiger partial charge in [-0.3, -0.25) is 4.57 Å². The second kappa shape index (κ2) is 7.03. The van der Waals surface area contributed by atoms with E-state index in [0.29, 0.717) is 0 Å². The number of hydrogen-bond donors (Lipinski definition) is 1. The standard InChI is InChI=1S/C22H18F5N5O2S/c1-10-29-30-20-21(2,3)28-15-9-14(24)17(18(22(25,26)27)19(15)32(10)20)13-7-11(23)8-16-12(13)5-6-31(16)35(4,33)34/h5-9,28H,1-4H3. The molecule has 0 bridgehead atoms. The first-order valence-electron chi connectivity index (χ1n) is 10.3. The number of nitrogens with zero attached hydrogens (tertiary/aromatic N) is 4. The molecule has 0 aliphatic carbocycles. The SMILES string of the molecule is Cc1nnc2n1-c1c(cc(F)c(-c3cc(F)cc4c3ccn4S(C)(=O)=O)c1C(F)(F)F)NC2(C)C. The number of nitrogens with one attached hydrogen (secondary N) is 1. The first-order chi connectivity index (χ1) is 16.1. The molecule has 1 aliphatic heterocycles. The Morgan fingerprint density at radius 3 is 2.40 bits per heavy atom. The molecule has 0 fully saturated rings. The lowest BCUT2D eigenvalue weighted by atomic mass is 9.90. The molecule has 0 radical (unpaired) electrons. The van der Waals surface area contributed by atoms with Crippen LogP contribution in [0, 0.1) is 18.6 Å². The Kier molecular flexibility index (Phi) is 4.67. The average molecular weight is 511 g/mol. The molecule has 0 amide bonds. The van der Waals surface area contributed by atoms with E-state index >= 15 is 4.39 Å². The van der Waals surface area contributed by atoms with Crippen LogP contribution in [0.5, 0.6) is 0 Å². The van der Waals surface area contributed by atoms with Gasteiger partial charge in [0.05, 0.1) is 34.2 Å². The highest BCUT2D eigenvalue weighted by Crippen LogP contribution is 2.50. The molecular formula is C22H18F5N5O2S. The van der Waals surface area contributed by atoms with Crippen molar-refractivity contribution in [2.45, 2.75) is 32.5 Å². The van der Waals surface area contributed by atoms with E-state index in [1.54, 1.807) is 13.8 Å². The molecule has 35 heavy (non-hydrogen) atoms. The molecule has 3 heterocycles. The van der Waals surface area contributed by atoms with Crippen molar-refractivity contribution in [3.05, 3.63) is 59.3 Å². The maximum absolute atomic E-state index is 15.6. The summed E-state index contributed by atoms with van der Waals surface area (Å²) in [5, 5.41) is 10.8. The maximum atomic E-state index is 15.6. The summed E-state index contributed by atoms with van der Waals surface area (Å²) in [6.07, 6.45) is -3.14. The smallest absolute Gasteiger partial charge is 0.371 e. The molecular weight excluding hydrogens is 493 g/mol. The second-order valence-electron chi connectivity index (χ2n) is 8.92. The van der Waals surface area contributed by atoms with Gasteiger partial charge in [-0.15, -0.1) is 10.2 Å². The highest BCUT2D eigenvalue weighted by Gasteiger charge is 2.45. The fourth-order valence-corrected chi connectivity index (χ4v) is 5.40. The molecule has 7 nitrogen and oxygen atoms in total. The van der Waals surface area contributed by atoms with Gasteiger partial charge in [0.25, 0.3) is 0 Å². The molecule has 0 saturated heterocycles. The average Bonchev–Trinajstić information content (AvgIpc) is 3.30. The predicted molar refractivity (Wildman–Crippen MR) is 119 cm³/mol. The summed E-state index contributed by atoms with van der Waals surface area (Å²) in [4.78, 5) is 0. The molecule has 2 aromatic carbocycles. The second-order valence-corrected chi connectivity index (χ2v) is 10.8. The zero-order chi connectivity index (χ0) is 25.7. The van der Waals surface area contributed by atoms with Crippen LogP contribution in [0.1, 0.15) is 31.1 Å².